The van der Waals surface area contributed by atoms with Crippen molar-refractivity contribution < 1.29 is 18.2 Å². The molecule has 5 heteroatoms. The van der Waals surface area contributed by atoms with Crippen LogP contribution in [0.3, 0.4) is 0 Å². The van der Waals surface area contributed by atoms with Crippen LogP contribution in [0.25, 0.3) is 10.6 Å². The first-order valence-electron chi connectivity index (χ1n) is 11.5. The van der Waals surface area contributed by atoms with Crippen LogP contribution in [-0.4, -0.2) is 35.2 Å². The van der Waals surface area contributed by atoms with E-state index < -0.39 is 18.2 Å². The average molecular weight is 495 g/mol. The number of hydrogen-bond acceptors (Lipinski definition) is 2. The fourth-order valence-electron chi connectivity index (χ4n) is 1.51. The minimum absolute atomic E-state index is 0.148. The third kappa shape index (κ3) is 30.5. The Morgan fingerprint density at radius 1 is 0.759 bits per heavy atom. The van der Waals surface area contributed by atoms with Crippen LogP contribution >= 0.6 is 0 Å². The van der Waals surface area contributed by atoms with Gasteiger partial charge in [-0.05, 0) is 0 Å². The molecular weight excluding hydrogens is 440 g/mol. The summed E-state index contributed by atoms with van der Waals surface area (Å²) in [4.78, 5) is 0. The molecule has 29 heavy (non-hydrogen) atoms. The van der Waals surface area contributed by atoms with E-state index in [9.17, 15) is 0 Å². The molecule has 4 nitrogen and oxygen atoms in total. The van der Waals surface area contributed by atoms with Gasteiger partial charge in [0.15, 0.2) is 0 Å². The second-order valence-corrected chi connectivity index (χ2v) is 11.5. The van der Waals surface area contributed by atoms with Gasteiger partial charge in [-0.1, -0.05) is 68.2 Å². The van der Waals surface area contributed by atoms with Crippen LogP contribution < -0.4 is 0 Å². The predicted molar refractivity (Wildman–Crippen MR) is 130 cm³/mol. The van der Waals surface area contributed by atoms with Crippen molar-refractivity contribution >= 4 is 0 Å². The van der Waals surface area contributed by atoms with E-state index in [1.807, 2.05) is 0 Å². The Bertz CT molecular complexity index is 411. The van der Waals surface area contributed by atoms with Crippen molar-refractivity contribution in [2.45, 2.75) is 151 Å². The molecule has 0 saturated carbocycles. The van der Waals surface area contributed by atoms with Crippen LogP contribution in [0.2, 0.25) is 0 Å². The van der Waals surface area contributed by atoms with Crippen LogP contribution in [0.15, 0.2) is 6.99 Å². The summed E-state index contributed by atoms with van der Waals surface area (Å²) >= 11 is -0.492. The van der Waals surface area contributed by atoms with E-state index in [1.54, 1.807) is 0 Å². The van der Waals surface area contributed by atoms with Gasteiger partial charge in [-0.3, -0.25) is 0 Å². The fourth-order valence-corrected chi connectivity index (χ4v) is 3.33. The molecule has 0 aliphatic rings. The minimum atomic E-state index is -0.492. The molecule has 0 aromatic carbocycles. The molecule has 0 heterocycles. The van der Waals surface area contributed by atoms with E-state index >= 15 is 0 Å². The summed E-state index contributed by atoms with van der Waals surface area (Å²) in [5.74, 6) is 0. The maximum absolute atomic E-state index is 4.67. The van der Waals surface area contributed by atoms with Crippen molar-refractivity contribution in [3.8, 4) is 0 Å². The summed E-state index contributed by atoms with van der Waals surface area (Å²) in [6.07, 6.45) is 4.55. The molecular formula is C24H54MoN4. The van der Waals surface area contributed by atoms with Gasteiger partial charge in [0.1, 0.15) is 0 Å². The van der Waals surface area contributed by atoms with Crippen molar-refractivity contribution in [3.05, 3.63) is 10.6 Å². The van der Waals surface area contributed by atoms with Crippen LogP contribution in [0.5, 0.6) is 0 Å². The molecule has 0 bridgehead atoms. The van der Waals surface area contributed by atoms with Crippen molar-refractivity contribution in [1.82, 2.24) is 0 Å². The van der Waals surface area contributed by atoms with Gasteiger partial charge in [-0.15, -0.1) is 24.2 Å². The Morgan fingerprint density at radius 2 is 1.17 bits per heavy atom. The van der Waals surface area contributed by atoms with Gasteiger partial charge in [0.25, 0.3) is 0 Å². The maximum atomic E-state index is 4.67. The zero-order valence-electron chi connectivity index (χ0n) is 22.4. The maximum Gasteiger partial charge on any atom is -0.0668 e. The first kappa shape index (κ1) is 33.8. The third-order valence-electron chi connectivity index (χ3n) is 4.22. The number of hydrogen-bond donors (Lipinski definition) is 0. The van der Waals surface area contributed by atoms with Crippen molar-refractivity contribution in [3.63, 3.8) is 0 Å². The molecule has 0 aliphatic heterocycles. The summed E-state index contributed by atoms with van der Waals surface area (Å²) in [6.45, 7) is 31.2. The summed E-state index contributed by atoms with van der Waals surface area (Å²) in [5, 5.41) is 8.77. The molecule has 0 fully saturated rings. The first-order valence-corrected chi connectivity index (χ1v) is 13.3. The molecule has 0 aromatic heterocycles. The SMILES string of the molecule is CCC(C)(C)[N]=[Mo+2]=[N]C(C)(C)CC.CCC(C)[N-]C(C)(C)C.CCC[N-]C(C)C. The predicted octanol–water partition coefficient (Wildman–Crippen LogP) is 8.95. The summed E-state index contributed by atoms with van der Waals surface area (Å²) in [6, 6.07) is 1.05. The van der Waals surface area contributed by atoms with Crippen LogP contribution in [-0.2, 0) is 18.2 Å². The van der Waals surface area contributed by atoms with Gasteiger partial charge in [0, 0.05) is 0 Å². The standard InChI is InChI=1S/C8H18N.C6H14N.2C5H11N.Mo/c1-6-7(2)9-8(3,4)5;1-4-5-7-6(2)3;2*1-4-5(2,3)6;/h7H,6H2,1-5H3;6H,4-5H2,1-3H3;2*4H2,1-3H3;/q2*-1;;;+2. The molecule has 0 amide bonds. The van der Waals surface area contributed by atoms with Crippen molar-refractivity contribution in [2.24, 2.45) is 6.99 Å². The Kier molecular flexibility index (Phi) is 20.8. The number of rotatable bonds is 9. The largest absolute Gasteiger partial charge is 0.660 e. The normalized spacial score (nSPS) is 12.8. The minimum Gasteiger partial charge on any atom is -0.660 e. The van der Waals surface area contributed by atoms with Gasteiger partial charge < -0.3 is 10.6 Å². The van der Waals surface area contributed by atoms with Crippen molar-refractivity contribution in [2.75, 3.05) is 6.54 Å². The Morgan fingerprint density at radius 3 is 1.34 bits per heavy atom. The molecule has 0 N–H and O–H groups in total. The van der Waals surface area contributed by atoms with E-state index in [0.29, 0.717) is 12.1 Å². The Hall–Kier alpha value is 0.208. The van der Waals surface area contributed by atoms with Gasteiger partial charge in [-0.25, -0.2) is 0 Å². The molecule has 0 spiro atoms. The summed E-state index contributed by atoms with van der Waals surface area (Å²) in [7, 11) is 0. The summed E-state index contributed by atoms with van der Waals surface area (Å²) in [5.41, 5.74) is 0.445. The first-order chi connectivity index (χ1) is 13.1. The molecule has 0 saturated heterocycles. The number of nitrogens with zero attached hydrogens (tertiary/aromatic N) is 4. The monoisotopic (exact) mass is 496 g/mol. The second-order valence-electron chi connectivity index (χ2n) is 10.2. The van der Waals surface area contributed by atoms with Crippen LogP contribution in [0.1, 0.15) is 123 Å². The molecule has 0 aromatic rings. The van der Waals surface area contributed by atoms with Gasteiger partial charge in [0.05, 0.1) is 0 Å². The van der Waals surface area contributed by atoms with E-state index in [2.05, 4.69) is 115 Å². The Balaban J connectivity index is -0.000000370. The topological polar surface area (TPSA) is 52.9 Å². The molecule has 0 rings (SSSR count). The smallest absolute Gasteiger partial charge is 0.0668 e. The molecule has 1 unspecified atom stereocenters. The molecule has 1 atom stereocenters. The quantitative estimate of drug-likeness (QED) is 0.287. The zero-order valence-corrected chi connectivity index (χ0v) is 24.4. The summed E-state index contributed by atoms with van der Waals surface area (Å²) < 4.78 is 9.34. The van der Waals surface area contributed by atoms with E-state index in [4.69, 9.17) is 0 Å². The second kappa shape index (κ2) is 17.8. The van der Waals surface area contributed by atoms with Gasteiger partial charge >= 0.3 is 90.7 Å². The average Bonchev–Trinajstić information content (AvgIpc) is 2.59. The fraction of sp³-hybridized carbons (Fsp3) is 1.00. The van der Waals surface area contributed by atoms with E-state index in [-0.39, 0.29) is 16.6 Å². The molecule has 0 radical (unpaired) electrons. The van der Waals surface area contributed by atoms with Crippen LogP contribution in [0, 0.1) is 0 Å². The van der Waals surface area contributed by atoms with Crippen LogP contribution in [0.4, 0.5) is 0 Å². The molecule has 0 aliphatic carbocycles. The van der Waals surface area contributed by atoms with E-state index in [1.165, 1.54) is 6.42 Å². The van der Waals surface area contributed by atoms with E-state index in [0.717, 1.165) is 25.8 Å². The van der Waals surface area contributed by atoms with Gasteiger partial charge in [-0.2, -0.15) is 0 Å². The van der Waals surface area contributed by atoms with Crippen molar-refractivity contribution in [1.29, 1.82) is 0 Å². The third-order valence-corrected chi connectivity index (χ3v) is 7.05. The zero-order chi connectivity index (χ0) is 23.7. The Labute approximate surface area is 193 Å². The molecule has 176 valence electrons. The van der Waals surface area contributed by atoms with Gasteiger partial charge in [0.2, 0.25) is 0 Å².